The van der Waals surface area contributed by atoms with Crippen molar-refractivity contribution in [3.63, 3.8) is 0 Å². The summed E-state index contributed by atoms with van der Waals surface area (Å²) in [6, 6.07) is 7.79. The molecule has 0 N–H and O–H groups in total. The van der Waals surface area contributed by atoms with Gasteiger partial charge >= 0.3 is 5.97 Å². The number of hydrogen-bond acceptors (Lipinski definition) is 5. The highest BCUT2D eigenvalue weighted by Gasteiger charge is 2.37. The van der Waals surface area contributed by atoms with Gasteiger partial charge in [0.2, 0.25) is 0 Å². The van der Waals surface area contributed by atoms with Crippen LogP contribution in [0.5, 0.6) is 0 Å². The number of nitrogens with zero attached hydrogens (tertiary/aromatic N) is 2. The summed E-state index contributed by atoms with van der Waals surface area (Å²) in [6.45, 7) is 8.88. The molecule has 1 fully saturated rings. The topological polar surface area (TPSA) is 68.6 Å². The minimum absolute atomic E-state index is 0.277. The lowest BCUT2D eigenvalue weighted by Gasteiger charge is -2.13. The molecule has 0 bridgehead atoms. The predicted molar refractivity (Wildman–Crippen MR) is 119 cm³/mol. The van der Waals surface area contributed by atoms with E-state index in [4.69, 9.17) is 16.3 Å². The number of rotatable bonds is 5. The third-order valence-corrected chi connectivity index (χ3v) is 6.01. The van der Waals surface area contributed by atoms with Crippen molar-refractivity contribution in [3.8, 4) is 5.69 Å². The van der Waals surface area contributed by atoms with Gasteiger partial charge in [0.05, 0.1) is 11.0 Å². The van der Waals surface area contributed by atoms with Gasteiger partial charge in [-0.25, -0.2) is 0 Å². The second kappa shape index (κ2) is 8.70. The maximum Gasteiger partial charge on any atom is 0.326 e. The minimum Gasteiger partial charge on any atom is -0.462 e. The van der Waals surface area contributed by atoms with E-state index in [0.29, 0.717) is 5.02 Å². The Morgan fingerprint density at radius 1 is 1.20 bits per heavy atom. The Bertz CT molecular complexity index is 1070. The van der Waals surface area contributed by atoms with E-state index in [0.717, 1.165) is 44.9 Å². The summed E-state index contributed by atoms with van der Waals surface area (Å²) in [4.78, 5) is 38.0. The number of thioether (sulfide) groups is 1. The van der Waals surface area contributed by atoms with Gasteiger partial charge in [0.15, 0.2) is 0 Å². The molecular weight excluding hydrogens is 424 g/mol. The van der Waals surface area contributed by atoms with E-state index in [1.807, 2.05) is 49.6 Å². The van der Waals surface area contributed by atoms with Crippen molar-refractivity contribution in [2.45, 2.75) is 40.7 Å². The average molecular weight is 447 g/mol. The fourth-order valence-corrected chi connectivity index (χ4v) is 4.26. The Kier molecular flexibility index (Phi) is 6.43. The van der Waals surface area contributed by atoms with Crippen LogP contribution in [0.2, 0.25) is 5.02 Å². The first kappa shape index (κ1) is 22.2. The zero-order chi connectivity index (χ0) is 22.2. The number of hydrogen-bond donors (Lipinski definition) is 0. The Morgan fingerprint density at radius 2 is 1.90 bits per heavy atom. The van der Waals surface area contributed by atoms with Gasteiger partial charge in [-0.05, 0) is 81.8 Å². The van der Waals surface area contributed by atoms with Crippen LogP contribution in [0.1, 0.15) is 36.4 Å². The molecule has 0 spiro atoms. The van der Waals surface area contributed by atoms with E-state index in [1.54, 1.807) is 19.9 Å². The number of amides is 2. The van der Waals surface area contributed by atoms with E-state index in [9.17, 15) is 14.4 Å². The second-order valence-corrected chi connectivity index (χ2v) is 8.80. The maximum absolute atomic E-state index is 12.7. The summed E-state index contributed by atoms with van der Waals surface area (Å²) < 4.78 is 7.08. The van der Waals surface area contributed by atoms with Gasteiger partial charge in [0, 0.05) is 22.1 Å². The highest BCUT2D eigenvalue weighted by molar-refractivity contribution is 8.18. The molecule has 1 saturated heterocycles. The third-order valence-electron chi connectivity index (χ3n) is 4.70. The van der Waals surface area contributed by atoms with Gasteiger partial charge in [0.1, 0.15) is 6.54 Å². The summed E-state index contributed by atoms with van der Waals surface area (Å²) in [5.74, 6) is -1.10. The highest BCUT2D eigenvalue weighted by atomic mass is 35.5. The number of halogens is 1. The molecule has 8 heteroatoms. The van der Waals surface area contributed by atoms with E-state index in [-0.39, 0.29) is 17.6 Å². The SMILES string of the molecule is Cc1ccc(-n2c(C)cc(/C=C3\SC(=O)N(CC(=O)OC(C)C)C3=O)c2C)cc1Cl. The van der Waals surface area contributed by atoms with Crippen LogP contribution in [0.3, 0.4) is 0 Å². The van der Waals surface area contributed by atoms with E-state index in [1.165, 1.54) is 0 Å². The standard InChI is InChI=1S/C22H23ClN2O4S/c1-12(2)29-20(26)11-24-21(27)19(30-22(24)28)9-16-8-14(4)25(15(16)5)17-7-6-13(3)18(23)10-17/h6-10,12H,11H2,1-5H3/b19-9-. The number of imide groups is 1. The molecule has 1 aliphatic rings. The number of carbonyl (C=O) groups is 3. The molecule has 1 aliphatic heterocycles. The van der Waals surface area contributed by atoms with Gasteiger partial charge in [-0.1, -0.05) is 17.7 Å². The molecule has 0 aliphatic carbocycles. The Labute approximate surface area is 184 Å². The summed E-state index contributed by atoms with van der Waals surface area (Å²) >= 11 is 7.10. The number of esters is 1. The molecule has 1 aromatic heterocycles. The quantitative estimate of drug-likeness (QED) is 0.475. The molecule has 30 heavy (non-hydrogen) atoms. The Morgan fingerprint density at radius 3 is 2.53 bits per heavy atom. The first-order valence-corrected chi connectivity index (χ1v) is 10.7. The van der Waals surface area contributed by atoms with Gasteiger partial charge in [-0.15, -0.1) is 0 Å². The molecule has 2 heterocycles. The maximum atomic E-state index is 12.7. The smallest absolute Gasteiger partial charge is 0.326 e. The lowest BCUT2D eigenvalue weighted by atomic mass is 10.2. The monoisotopic (exact) mass is 446 g/mol. The summed E-state index contributed by atoms with van der Waals surface area (Å²) in [5.41, 5.74) is 4.62. The molecule has 2 aromatic rings. The molecule has 0 unspecified atom stereocenters. The van der Waals surface area contributed by atoms with E-state index < -0.39 is 17.1 Å². The van der Waals surface area contributed by atoms with E-state index >= 15 is 0 Å². The van der Waals surface area contributed by atoms with Crippen LogP contribution in [0, 0.1) is 20.8 Å². The van der Waals surface area contributed by atoms with Gasteiger partial charge in [-0.3, -0.25) is 19.3 Å². The Balaban J connectivity index is 1.89. The summed E-state index contributed by atoms with van der Waals surface area (Å²) in [5, 5.41) is 0.196. The van der Waals surface area contributed by atoms with Crippen LogP contribution in [-0.4, -0.2) is 39.2 Å². The molecule has 2 amide bonds. The van der Waals surface area contributed by atoms with Crippen molar-refractivity contribution < 1.29 is 19.1 Å². The van der Waals surface area contributed by atoms with Gasteiger partial charge in [-0.2, -0.15) is 0 Å². The van der Waals surface area contributed by atoms with Gasteiger partial charge < -0.3 is 9.30 Å². The van der Waals surface area contributed by atoms with Crippen LogP contribution in [0.25, 0.3) is 11.8 Å². The first-order chi connectivity index (χ1) is 14.1. The van der Waals surface area contributed by atoms with Crippen LogP contribution in [0.4, 0.5) is 4.79 Å². The van der Waals surface area contributed by atoms with Crippen LogP contribution >= 0.6 is 23.4 Å². The molecule has 0 radical (unpaired) electrons. The zero-order valence-electron chi connectivity index (χ0n) is 17.5. The molecule has 1 aromatic carbocycles. The number of aryl methyl sites for hydroxylation is 2. The lowest BCUT2D eigenvalue weighted by molar-refractivity contribution is -0.149. The number of carbonyl (C=O) groups excluding carboxylic acids is 3. The van der Waals surface area contributed by atoms with Crippen LogP contribution < -0.4 is 0 Å². The average Bonchev–Trinajstić information content (AvgIpc) is 3.07. The molecular formula is C22H23ClN2O4S. The molecule has 0 atom stereocenters. The summed E-state index contributed by atoms with van der Waals surface area (Å²) in [6.07, 6.45) is 1.38. The molecule has 3 rings (SSSR count). The summed E-state index contributed by atoms with van der Waals surface area (Å²) in [7, 11) is 0. The largest absolute Gasteiger partial charge is 0.462 e. The second-order valence-electron chi connectivity index (χ2n) is 7.40. The highest BCUT2D eigenvalue weighted by Crippen LogP contribution is 2.34. The molecule has 6 nitrogen and oxygen atoms in total. The Hall–Kier alpha value is -2.51. The lowest BCUT2D eigenvalue weighted by Crippen LogP contribution is -2.35. The first-order valence-electron chi connectivity index (χ1n) is 9.48. The third kappa shape index (κ3) is 4.47. The van der Waals surface area contributed by atoms with Crippen molar-refractivity contribution in [3.05, 3.63) is 56.7 Å². The molecule has 158 valence electrons. The van der Waals surface area contributed by atoms with Crippen molar-refractivity contribution in [2.24, 2.45) is 0 Å². The fourth-order valence-electron chi connectivity index (χ4n) is 3.26. The normalized spacial score (nSPS) is 15.6. The van der Waals surface area contributed by atoms with Crippen molar-refractivity contribution in [1.29, 1.82) is 0 Å². The van der Waals surface area contributed by atoms with Crippen LogP contribution in [0.15, 0.2) is 29.2 Å². The van der Waals surface area contributed by atoms with Gasteiger partial charge in [0.25, 0.3) is 11.1 Å². The number of benzene rings is 1. The zero-order valence-corrected chi connectivity index (χ0v) is 19.1. The number of aromatic nitrogens is 1. The molecule has 0 saturated carbocycles. The van der Waals surface area contributed by atoms with Crippen molar-refractivity contribution >= 4 is 46.6 Å². The van der Waals surface area contributed by atoms with Crippen molar-refractivity contribution in [1.82, 2.24) is 9.47 Å². The van der Waals surface area contributed by atoms with Crippen molar-refractivity contribution in [2.75, 3.05) is 6.54 Å². The fraction of sp³-hybridized carbons (Fsp3) is 0.318. The predicted octanol–water partition coefficient (Wildman–Crippen LogP) is 5.04. The number of ether oxygens (including phenoxy) is 1. The minimum atomic E-state index is -0.608. The van der Waals surface area contributed by atoms with E-state index in [2.05, 4.69) is 0 Å². The van der Waals surface area contributed by atoms with Crippen LogP contribution in [-0.2, 0) is 14.3 Å².